The van der Waals surface area contributed by atoms with Crippen LogP contribution < -0.4 is 15.5 Å². The Morgan fingerprint density at radius 1 is 1.07 bits per heavy atom. The molecule has 2 N–H and O–H groups in total. The summed E-state index contributed by atoms with van der Waals surface area (Å²) in [6, 6.07) is 8.18. The van der Waals surface area contributed by atoms with Gasteiger partial charge in [-0.25, -0.2) is 4.79 Å². The molecule has 1 saturated heterocycles. The van der Waals surface area contributed by atoms with E-state index in [1.54, 1.807) is 0 Å². The van der Waals surface area contributed by atoms with E-state index >= 15 is 0 Å². The Balaban J connectivity index is 1.44. The Bertz CT molecular complexity index is 863. The molecule has 0 atom stereocenters. The second kappa shape index (κ2) is 7.73. The summed E-state index contributed by atoms with van der Waals surface area (Å²) in [6.45, 7) is 7.64. The number of urea groups is 1. The van der Waals surface area contributed by atoms with Crippen molar-refractivity contribution in [2.45, 2.75) is 32.7 Å². The van der Waals surface area contributed by atoms with E-state index in [9.17, 15) is 9.59 Å². The number of hydrogen-bond acceptors (Lipinski definition) is 3. The highest BCUT2D eigenvalue weighted by Crippen LogP contribution is 2.27. The smallest absolute Gasteiger partial charge is 0.317 e. The molecule has 0 spiro atoms. The summed E-state index contributed by atoms with van der Waals surface area (Å²) in [7, 11) is 0. The summed E-state index contributed by atoms with van der Waals surface area (Å²) in [6.07, 6.45) is 4.37. The van der Waals surface area contributed by atoms with Gasteiger partial charge in [-0.15, -0.1) is 0 Å². The molecule has 0 radical (unpaired) electrons. The van der Waals surface area contributed by atoms with Crippen LogP contribution in [0.5, 0.6) is 0 Å². The molecular weight excluding hydrogens is 354 g/mol. The van der Waals surface area contributed by atoms with E-state index in [1.807, 2.05) is 37.1 Å². The Morgan fingerprint density at radius 3 is 2.46 bits per heavy atom. The Morgan fingerprint density at radius 2 is 1.79 bits per heavy atom. The number of carbonyl (C=O) groups is 2. The van der Waals surface area contributed by atoms with Crippen LogP contribution in [0, 0.1) is 5.92 Å². The number of rotatable bonds is 5. The molecule has 28 heavy (non-hydrogen) atoms. The molecule has 3 amide bonds. The van der Waals surface area contributed by atoms with Crippen molar-refractivity contribution < 1.29 is 9.59 Å². The van der Waals surface area contributed by atoms with E-state index in [0.29, 0.717) is 24.6 Å². The molecule has 7 nitrogen and oxygen atoms in total. The molecule has 150 valence electrons. The first-order chi connectivity index (χ1) is 13.5. The van der Waals surface area contributed by atoms with Gasteiger partial charge in [0.2, 0.25) is 0 Å². The fourth-order valence-corrected chi connectivity index (χ4v) is 3.62. The first kappa shape index (κ1) is 18.7. The number of pyridine rings is 1. The Hall–Kier alpha value is -2.70. The van der Waals surface area contributed by atoms with Crippen molar-refractivity contribution in [3.05, 3.63) is 36.0 Å². The first-order valence-corrected chi connectivity index (χ1v) is 10.2. The van der Waals surface area contributed by atoms with Crippen LogP contribution in [0.3, 0.4) is 0 Å². The summed E-state index contributed by atoms with van der Waals surface area (Å²) < 4.78 is 2.08. The number of carbonyl (C=O) groups excluding carboxylic acids is 2. The molecule has 2 aromatic rings. The number of nitrogens with zero attached hydrogens (tertiary/aromatic N) is 3. The minimum Gasteiger partial charge on any atom is -0.354 e. The van der Waals surface area contributed by atoms with Gasteiger partial charge < -0.3 is 24.8 Å². The van der Waals surface area contributed by atoms with Crippen molar-refractivity contribution in [3.63, 3.8) is 0 Å². The quantitative estimate of drug-likeness (QED) is 0.833. The van der Waals surface area contributed by atoms with Crippen molar-refractivity contribution in [2.75, 3.05) is 37.6 Å². The van der Waals surface area contributed by atoms with Crippen LogP contribution in [0.4, 0.5) is 10.6 Å². The van der Waals surface area contributed by atoms with Crippen molar-refractivity contribution in [1.29, 1.82) is 0 Å². The summed E-state index contributed by atoms with van der Waals surface area (Å²) >= 11 is 0. The highest BCUT2D eigenvalue weighted by atomic mass is 16.2. The minimum atomic E-state index is -0.0105. The molecule has 4 rings (SSSR count). The molecule has 0 bridgehead atoms. The lowest BCUT2D eigenvalue weighted by Crippen LogP contribution is -2.53. The molecule has 1 aliphatic heterocycles. The number of nitrogens with one attached hydrogen (secondary N) is 2. The van der Waals surface area contributed by atoms with Crippen LogP contribution >= 0.6 is 0 Å². The fraction of sp³-hybridized carbons (Fsp3) is 0.524. The molecule has 1 aliphatic carbocycles. The Labute approximate surface area is 165 Å². The molecular formula is C21H29N5O2. The maximum atomic E-state index is 12.4. The number of piperazine rings is 1. The maximum Gasteiger partial charge on any atom is 0.317 e. The molecule has 7 heteroatoms. The lowest BCUT2D eigenvalue weighted by Gasteiger charge is -2.36. The molecule has 2 aliphatic rings. The molecule has 0 unspecified atom stereocenters. The SMILES string of the molecule is CC(C)NC(=O)N1CCN(c2ccc3ccc(C(=O)NCC4CC4)cn23)CC1. The molecule has 0 aromatic carbocycles. The number of anilines is 1. The number of aromatic nitrogens is 1. The standard InChI is InChI=1S/C21H29N5O2/c1-15(2)23-21(28)25-11-9-24(10-12-25)19-8-7-18-6-5-17(14-26(18)19)20(27)22-13-16-3-4-16/h5-8,14-16H,3-4,9-13H2,1-2H3,(H,22,27)(H,23,28). The van der Waals surface area contributed by atoms with Crippen LogP contribution in [-0.4, -0.2) is 60.0 Å². The zero-order valence-corrected chi connectivity index (χ0v) is 16.6. The van der Waals surface area contributed by atoms with Gasteiger partial charge in [0.25, 0.3) is 5.91 Å². The number of hydrogen-bond donors (Lipinski definition) is 2. The van der Waals surface area contributed by atoms with Gasteiger partial charge in [0.15, 0.2) is 0 Å². The van der Waals surface area contributed by atoms with Crippen LogP contribution in [-0.2, 0) is 0 Å². The van der Waals surface area contributed by atoms with Gasteiger partial charge in [-0.2, -0.15) is 0 Å². The molecule has 3 heterocycles. The predicted octanol–water partition coefficient (Wildman–Crippen LogP) is 2.32. The minimum absolute atomic E-state index is 0.00397. The molecule has 2 fully saturated rings. The van der Waals surface area contributed by atoms with Gasteiger partial charge in [0, 0.05) is 50.5 Å². The lowest BCUT2D eigenvalue weighted by atomic mass is 10.2. The van der Waals surface area contributed by atoms with Gasteiger partial charge in [0.1, 0.15) is 5.82 Å². The van der Waals surface area contributed by atoms with Crippen molar-refractivity contribution in [1.82, 2.24) is 19.9 Å². The van der Waals surface area contributed by atoms with Gasteiger partial charge >= 0.3 is 6.03 Å². The van der Waals surface area contributed by atoms with Crippen molar-refractivity contribution in [2.24, 2.45) is 5.92 Å². The third-order valence-corrected chi connectivity index (χ3v) is 5.44. The zero-order valence-electron chi connectivity index (χ0n) is 16.6. The van der Waals surface area contributed by atoms with E-state index < -0.39 is 0 Å². The fourth-order valence-electron chi connectivity index (χ4n) is 3.62. The highest BCUT2D eigenvalue weighted by molar-refractivity contribution is 5.94. The largest absolute Gasteiger partial charge is 0.354 e. The normalized spacial score (nSPS) is 17.2. The van der Waals surface area contributed by atoms with Gasteiger partial charge in [-0.05, 0) is 56.9 Å². The molecule has 1 saturated carbocycles. The van der Waals surface area contributed by atoms with Crippen LogP contribution in [0.15, 0.2) is 30.5 Å². The van der Waals surface area contributed by atoms with Crippen LogP contribution in [0.2, 0.25) is 0 Å². The average Bonchev–Trinajstić information content (AvgIpc) is 3.42. The first-order valence-electron chi connectivity index (χ1n) is 10.2. The number of amides is 3. The second-order valence-corrected chi connectivity index (χ2v) is 8.14. The maximum absolute atomic E-state index is 12.4. The number of fused-ring (bicyclic) bond motifs is 1. The van der Waals surface area contributed by atoms with Gasteiger partial charge in [0.05, 0.1) is 5.56 Å². The third-order valence-electron chi connectivity index (χ3n) is 5.44. The summed E-state index contributed by atoms with van der Waals surface area (Å²) in [5.41, 5.74) is 1.74. The Kier molecular flexibility index (Phi) is 5.15. The predicted molar refractivity (Wildman–Crippen MR) is 110 cm³/mol. The topological polar surface area (TPSA) is 69.1 Å². The highest BCUT2D eigenvalue weighted by Gasteiger charge is 2.24. The monoisotopic (exact) mass is 383 g/mol. The zero-order chi connectivity index (χ0) is 19.7. The van der Waals surface area contributed by atoms with E-state index in [2.05, 4.69) is 32.1 Å². The van der Waals surface area contributed by atoms with Crippen LogP contribution in [0.1, 0.15) is 37.0 Å². The van der Waals surface area contributed by atoms with Gasteiger partial charge in [-0.1, -0.05) is 0 Å². The van der Waals surface area contributed by atoms with Gasteiger partial charge in [-0.3, -0.25) is 4.79 Å². The summed E-state index contributed by atoms with van der Waals surface area (Å²) in [5, 5.41) is 5.99. The molecule has 2 aromatic heterocycles. The van der Waals surface area contributed by atoms with E-state index in [1.165, 1.54) is 12.8 Å². The second-order valence-electron chi connectivity index (χ2n) is 8.14. The van der Waals surface area contributed by atoms with Crippen molar-refractivity contribution in [3.8, 4) is 0 Å². The van der Waals surface area contributed by atoms with E-state index in [-0.39, 0.29) is 18.0 Å². The lowest BCUT2D eigenvalue weighted by molar-refractivity contribution is 0.0951. The summed E-state index contributed by atoms with van der Waals surface area (Å²) in [4.78, 5) is 28.8. The van der Waals surface area contributed by atoms with Crippen molar-refractivity contribution >= 4 is 23.3 Å². The summed E-state index contributed by atoms with van der Waals surface area (Å²) in [5.74, 6) is 1.72. The van der Waals surface area contributed by atoms with E-state index in [4.69, 9.17) is 0 Å². The van der Waals surface area contributed by atoms with E-state index in [0.717, 1.165) is 31.0 Å². The van der Waals surface area contributed by atoms with Crippen LogP contribution in [0.25, 0.3) is 5.52 Å². The third kappa shape index (κ3) is 4.08. The average molecular weight is 383 g/mol.